The number of aromatic nitrogens is 2. The molecule has 0 unspecified atom stereocenters. The Labute approximate surface area is 173 Å². The van der Waals surface area contributed by atoms with Crippen LogP contribution in [-0.2, 0) is 6.61 Å². The second-order valence-corrected chi connectivity index (χ2v) is 6.49. The first kappa shape index (κ1) is 21.1. The molecule has 3 rings (SSSR count). The number of benzene rings is 2. The van der Waals surface area contributed by atoms with E-state index in [0.29, 0.717) is 5.95 Å². The number of methoxy groups -OCH3 is 2. The zero-order valence-electron chi connectivity index (χ0n) is 17.1. The van der Waals surface area contributed by atoms with E-state index in [0.717, 1.165) is 17.4 Å². The third-order valence-corrected chi connectivity index (χ3v) is 4.29. The summed E-state index contributed by atoms with van der Waals surface area (Å²) in [5.41, 5.74) is 1.54. The first-order valence-electron chi connectivity index (χ1n) is 9.01. The SMILES string of the molecule is COc1cc(OC)c(F)c(COc2cnc(Nc3cccc(N(C)C)c3)nc2)c1F. The molecule has 1 heterocycles. The Hall–Kier alpha value is -3.62. The topological polar surface area (TPSA) is 68.7 Å². The highest BCUT2D eigenvalue weighted by Gasteiger charge is 2.20. The van der Waals surface area contributed by atoms with Crippen molar-refractivity contribution < 1.29 is 23.0 Å². The zero-order valence-corrected chi connectivity index (χ0v) is 17.1. The van der Waals surface area contributed by atoms with E-state index in [9.17, 15) is 8.78 Å². The van der Waals surface area contributed by atoms with Gasteiger partial charge in [0.1, 0.15) is 6.61 Å². The summed E-state index contributed by atoms with van der Waals surface area (Å²) in [5.74, 6) is -1.36. The van der Waals surface area contributed by atoms with Gasteiger partial charge in [-0.1, -0.05) is 6.07 Å². The standard InChI is InChI=1S/C21H22F2N4O3/c1-27(2)14-7-5-6-13(8-14)26-21-24-10-15(11-25-21)30-12-16-19(22)17(28-3)9-18(29-4)20(16)23/h5-11H,12H2,1-4H3,(H,24,25,26). The molecule has 30 heavy (non-hydrogen) atoms. The number of nitrogens with zero attached hydrogens (tertiary/aromatic N) is 3. The van der Waals surface area contributed by atoms with Gasteiger partial charge in [-0.05, 0) is 18.2 Å². The van der Waals surface area contributed by atoms with Crippen LogP contribution in [0.3, 0.4) is 0 Å². The fourth-order valence-electron chi connectivity index (χ4n) is 2.67. The van der Waals surface area contributed by atoms with Gasteiger partial charge in [-0.2, -0.15) is 0 Å². The summed E-state index contributed by atoms with van der Waals surface area (Å²) in [4.78, 5) is 10.3. The number of anilines is 3. The minimum Gasteiger partial charge on any atom is -0.494 e. The molecule has 0 aliphatic rings. The lowest BCUT2D eigenvalue weighted by Crippen LogP contribution is -2.08. The third kappa shape index (κ3) is 4.68. The van der Waals surface area contributed by atoms with Crippen LogP contribution < -0.4 is 24.4 Å². The number of halogens is 2. The van der Waals surface area contributed by atoms with Crippen LogP contribution >= 0.6 is 0 Å². The van der Waals surface area contributed by atoms with Crippen LogP contribution in [0.1, 0.15) is 5.56 Å². The molecule has 0 spiro atoms. The monoisotopic (exact) mass is 416 g/mol. The van der Waals surface area contributed by atoms with Crippen molar-refractivity contribution in [1.82, 2.24) is 9.97 Å². The zero-order chi connectivity index (χ0) is 21.7. The van der Waals surface area contributed by atoms with Crippen LogP contribution in [0.2, 0.25) is 0 Å². The van der Waals surface area contributed by atoms with E-state index in [1.54, 1.807) is 0 Å². The van der Waals surface area contributed by atoms with Gasteiger partial charge in [-0.25, -0.2) is 18.7 Å². The molecule has 0 bridgehead atoms. The molecule has 1 N–H and O–H groups in total. The quantitative estimate of drug-likeness (QED) is 0.591. The van der Waals surface area contributed by atoms with Gasteiger partial charge in [0.25, 0.3) is 0 Å². The predicted molar refractivity (Wildman–Crippen MR) is 110 cm³/mol. The molecule has 1 aromatic heterocycles. The van der Waals surface area contributed by atoms with Crippen molar-refractivity contribution in [3.05, 3.63) is 59.9 Å². The van der Waals surface area contributed by atoms with Crippen LogP contribution in [0.4, 0.5) is 26.1 Å². The van der Waals surface area contributed by atoms with Gasteiger partial charge in [-0.15, -0.1) is 0 Å². The number of ether oxygens (including phenoxy) is 3. The Morgan fingerprint density at radius 3 is 2.17 bits per heavy atom. The molecule has 0 aliphatic carbocycles. The van der Waals surface area contributed by atoms with Crippen molar-refractivity contribution >= 4 is 17.3 Å². The highest BCUT2D eigenvalue weighted by molar-refractivity contribution is 5.61. The fraction of sp³-hybridized carbons (Fsp3) is 0.238. The van der Waals surface area contributed by atoms with Crippen molar-refractivity contribution in [2.24, 2.45) is 0 Å². The highest BCUT2D eigenvalue weighted by Crippen LogP contribution is 2.32. The lowest BCUT2D eigenvalue weighted by atomic mass is 10.1. The van der Waals surface area contributed by atoms with E-state index in [-0.39, 0.29) is 29.4 Å². The Balaban J connectivity index is 1.70. The summed E-state index contributed by atoms with van der Waals surface area (Å²) in [6.07, 6.45) is 2.83. The summed E-state index contributed by atoms with van der Waals surface area (Å²) in [7, 11) is 6.47. The van der Waals surface area contributed by atoms with Crippen molar-refractivity contribution in [1.29, 1.82) is 0 Å². The van der Waals surface area contributed by atoms with Crippen molar-refractivity contribution in [3.63, 3.8) is 0 Å². The maximum atomic E-state index is 14.4. The van der Waals surface area contributed by atoms with Crippen molar-refractivity contribution in [2.75, 3.05) is 38.5 Å². The van der Waals surface area contributed by atoms with Crippen molar-refractivity contribution in [2.45, 2.75) is 6.61 Å². The Bertz CT molecular complexity index is 986. The summed E-state index contributed by atoms with van der Waals surface area (Å²) in [6.45, 7) is -0.383. The molecule has 0 saturated heterocycles. The van der Waals surface area contributed by atoms with E-state index in [1.165, 1.54) is 26.6 Å². The Kier molecular flexibility index (Phi) is 6.51. The Morgan fingerprint density at radius 2 is 1.60 bits per heavy atom. The normalized spacial score (nSPS) is 10.5. The number of hydrogen-bond acceptors (Lipinski definition) is 7. The molecule has 0 amide bonds. The third-order valence-electron chi connectivity index (χ3n) is 4.29. The average Bonchev–Trinajstić information content (AvgIpc) is 2.75. The van der Waals surface area contributed by atoms with Crippen LogP contribution in [-0.4, -0.2) is 38.3 Å². The molecule has 7 nitrogen and oxygen atoms in total. The summed E-state index contributed by atoms with van der Waals surface area (Å²) in [5, 5.41) is 3.09. The molecule has 3 aromatic rings. The van der Waals surface area contributed by atoms with Gasteiger partial charge in [0, 0.05) is 31.5 Å². The van der Waals surface area contributed by atoms with E-state index in [2.05, 4.69) is 15.3 Å². The molecule has 9 heteroatoms. The second-order valence-electron chi connectivity index (χ2n) is 6.49. The molecule has 0 atom stereocenters. The Morgan fingerprint density at radius 1 is 0.967 bits per heavy atom. The molecule has 2 aromatic carbocycles. The first-order valence-corrected chi connectivity index (χ1v) is 9.01. The molecule has 0 radical (unpaired) electrons. The summed E-state index contributed by atoms with van der Waals surface area (Å²) >= 11 is 0. The fourth-order valence-corrected chi connectivity index (χ4v) is 2.67. The van der Waals surface area contributed by atoms with Gasteiger partial charge in [0.15, 0.2) is 28.9 Å². The predicted octanol–water partition coefficient (Wildman–Crippen LogP) is 4.16. The van der Waals surface area contributed by atoms with Crippen LogP contribution in [0.15, 0.2) is 42.7 Å². The minimum atomic E-state index is -0.851. The minimum absolute atomic E-state index is 0.136. The van der Waals surface area contributed by atoms with Gasteiger partial charge in [-0.3, -0.25) is 0 Å². The molecule has 0 saturated carbocycles. The van der Waals surface area contributed by atoms with E-state index in [4.69, 9.17) is 14.2 Å². The van der Waals surface area contributed by atoms with E-state index < -0.39 is 11.6 Å². The first-order chi connectivity index (χ1) is 14.4. The van der Waals surface area contributed by atoms with Gasteiger partial charge in [0.2, 0.25) is 5.95 Å². The second kappa shape index (κ2) is 9.25. The molecule has 0 fully saturated rings. The molecular formula is C21H22F2N4O3. The molecule has 0 aliphatic heterocycles. The maximum absolute atomic E-state index is 14.4. The number of rotatable bonds is 8. The molecule has 158 valence electrons. The van der Waals surface area contributed by atoms with Gasteiger partial charge in [0.05, 0.1) is 32.2 Å². The van der Waals surface area contributed by atoms with Crippen LogP contribution in [0.5, 0.6) is 17.2 Å². The summed E-state index contributed by atoms with van der Waals surface area (Å²) < 4.78 is 44.1. The van der Waals surface area contributed by atoms with E-state index >= 15 is 0 Å². The van der Waals surface area contributed by atoms with Gasteiger partial charge < -0.3 is 24.4 Å². The number of hydrogen-bond donors (Lipinski definition) is 1. The average molecular weight is 416 g/mol. The lowest BCUT2D eigenvalue weighted by molar-refractivity contribution is 0.280. The summed E-state index contributed by atoms with van der Waals surface area (Å²) in [6, 6.07) is 8.89. The highest BCUT2D eigenvalue weighted by atomic mass is 19.1. The number of nitrogens with one attached hydrogen (secondary N) is 1. The van der Waals surface area contributed by atoms with Crippen molar-refractivity contribution in [3.8, 4) is 17.2 Å². The lowest BCUT2D eigenvalue weighted by Gasteiger charge is -2.14. The largest absolute Gasteiger partial charge is 0.494 e. The smallest absolute Gasteiger partial charge is 0.227 e. The maximum Gasteiger partial charge on any atom is 0.227 e. The molecular weight excluding hydrogens is 394 g/mol. The van der Waals surface area contributed by atoms with Crippen LogP contribution in [0, 0.1) is 11.6 Å². The van der Waals surface area contributed by atoms with Crippen LogP contribution in [0.25, 0.3) is 0 Å². The van der Waals surface area contributed by atoms with E-state index in [1.807, 2.05) is 43.3 Å². The van der Waals surface area contributed by atoms with Gasteiger partial charge >= 0.3 is 0 Å².